The maximum atomic E-state index is 9.04. The highest BCUT2D eigenvalue weighted by atomic mass is 16.5. The van der Waals surface area contributed by atoms with Crippen LogP contribution in [-0.4, -0.2) is 49.0 Å². The number of nitrogens with zero attached hydrogens (tertiary/aromatic N) is 1. The molecule has 13 heavy (non-hydrogen) atoms. The van der Waals surface area contributed by atoms with E-state index in [0.717, 1.165) is 32.3 Å². The lowest BCUT2D eigenvalue weighted by molar-refractivity contribution is 0.0166. The Morgan fingerprint density at radius 1 is 1.23 bits per heavy atom. The molecule has 0 amide bonds. The predicted molar refractivity (Wildman–Crippen MR) is 50.6 cm³/mol. The van der Waals surface area contributed by atoms with Gasteiger partial charge in [-0.3, -0.25) is 4.90 Å². The van der Waals surface area contributed by atoms with Crippen LogP contribution in [-0.2, 0) is 4.74 Å². The van der Waals surface area contributed by atoms with Gasteiger partial charge in [0.05, 0.1) is 13.2 Å². The normalized spacial score (nSPS) is 36.7. The lowest BCUT2D eigenvalue weighted by Gasteiger charge is -2.32. The molecule has 0 aromatic rings. The monoisotopic (exact) mass is 185 g/mol. The van der Waals surface area contributed by atoms with Gasteiger partial charge in [0.1, 0.15) is 0 Å². The molecule has 2 rings (SSSR count). The first-order valence-corrected chi connectivity index (χ1v) is 5.33. The topological polar surface area (TPSA) is 32.7 Å². The maximum Gasteiger partial charge on any atom is 0.0594 e. The number of hydrogen-bond acceptors (Lipinski definition) is 3. The van der Waals surface area contributed by atoms with Crippen LogP contribution in [0.1, 0.15) is 19.3 Å². The Bertz CT molecular complexity index is 157. The molecular formula is C10H19NO2. The first-order chi connectivity index (χ1) is 6.40. The number of aliphatic hydroxyl groups excluding tert-OH is 1. The average Bonchev–Trinajstić information content (AvgIpc) is 2.67. The Morgan fingerprint density at radius 2 is 2.00 bits per heavy atom. The van der Waals surface area contributed by atoms with Crippen molar-refractivity contribution in [2.45, 2.75) is 25.3 Å². The van der Waals surface area contributed by atoms with Crippen LogP contribution < -0.4 is 0 Å². The molecule has 1 N–H and O–H groups in total. The minimum Gasteiger partial charge on any atom is -0.396 e. The van der Waals surface area contributed by atoms with E-state index < -0.39 is 0 Å². The molecule has 76 valence electrons. The quantitative estimate of drug-likeness (QED) is 0.679. The third kappa shape index (κ3) is 2.22. The molecule has 0 aromatic carbocycles. The minimum atomic E-state index is 0.376. The summed E-state index contributed by atoms with van der Waals surface area (Å²) in [5, 5.41) is 9.04. The van der Waals surface area contributed by atoms with Crippen LogP contribution in [0.15, 0.2) is 0 Å². The van der Waals surface area contributed by atoms with E-state index in [1.165, 1.54) is 19.3 Å². The van der Waals surface area contributed by atoms with Crippen molar-refractivity contribution >= 4 is 0 Å². The molecule has 1 aliphatic carbocycles. The highest BCUT2D eigenvalue weighted by Crippen LogP contribution is 2.29. The van der Waals surface area contributed by atoms with E-state index in [0.29, 0.717) is 12.5 Å². The molecule has 2 fully saturated rings. The Kier molecular flexibility index (Phi) is 3.19. The largest absolute Gasteiger partial charge is 0.396 e. The molecule has 3 heteroatoms. The van der Waals surface area contributed by atoms with Crippen LogP contribution in [0.5, 0.6) is 0 Å². The number of aliphatic hydroxyl groups is 1. The Labute approximate surface area is 79.7 Å². The second kappa shape index (κ2) is 4.40. The number of hydrogen-bond donors (Lipinski definition) is 1. The van der Waals surface area contributed by atoms with Gasteiger partial charge < -0.3 is 9.84 Å². The fraction of sp³-hybridized carbons (Fsp3) is 1.00. The third-order valence-corrected chi connectivity index (χ3v) is 3.33. The molecule has 2 aliphatic rings. The second-order valence-corrected chi connectivity index (χ2v) is 4.16. The SMILES string of the molecule is OC[C@@H]1CC[C@H](N2CCOCC2)C1. The summed E-state index contributed by atoms with van der Waals surface area (Å²) in [4.78, 5) is 2.53. The second-order valence-electron chi connectivity index (χ2n) is 4.16. The molecule has 3 nitrogen and oxygen atoms in total. The molecule has 0 radical (unpaired) electrons. The van der Waals surface area contributed by atoms with Gasteiger partial charge in [0.15, 0.2) is 0 Å². The molecule has 0 spiro atoms. The third-order valence-electron chi connectivity index (χ3n) is 3.33. The summed E-state index contributed by atoms with van der Waals surface area (Å²) in [7, 11) is 0. The van der Waals surface area contributed by atoms with Gasteiger partial charge in [-0.25, -0.2) is 0 Å². The standard InChI is InChI=1S/C10H19NO2/c12-8-9-1-2-10(7-9)11-3-5-13-6-4-11/h9-10,12H,1-8H2/t9-,10+/m1/s1. The van der Waals surface area contributed by atoms with Gasteiger partial charge in [-0.2, -0.15) is 0 Å². The molecule has 1 saturated carbocycles. The first kappa shape index (κ1) is 9.44. The lowest BCUT2D eigenvalue weighted by Crippen LogP contribution is -2.42. The Morgan fingerprint density at radius 3 is 2.62 bits per heavy atom. The molecule has 1 aliphatic heterocycles. The fourth-order valence-corrected chi connectivity index (χ4v) is 2.49. The van der Waals surface area contributed by atoms with Crippen LogP contribution in [0.3, 0.4) is 0 Å². The summed E-state index contributed by atoms with van der Waals surface area (Å²) in [5.74, 6) is 0.563. The van der Waals surface area contributed by atoms with Gasteiger partial charge >= 0.3 is 0 Å². The highest BCUT2D eigenvalue weighted by Gasteiger charge is 2.29. The number of ether oxygens (including phenoxy) is 1. The van der Waals surface area contributed by atoms with E-state index in [1.54, 1.807) is 0 Å². The fourth-order valence-electron chi connectivity index (χ4n) is 2.49. The van der Waals surface area contributed by atoms with Gasteiger partial charge in [0.25, 0.3) is 0 Å². The van der Waals surface area contributed by atoms with E-state index in [4.69, 9.17) is 9.84 Å². The van der Waals surface area contributed by atoms with Gasteiger partial charge in [-0.15, -0.1) is 0 Å². The predicted octanol–water partition coefficient (Wildman–Crippen LogP) is 0.480. The van der Waals surface area contributed by atoms with Crippen molar-refractivity contribution in [1.82, 2.24) is 4.90 Å². The van der Waals surface area contributed by atoms with Crippen LogP contribution in [0.2, 0.25) is 0 Å². The van der Waals surface area contributed by atoms with Gasteiger partial charge in [-0.1, -0.05) is 0 Å². The van der Waals surface area contributed by atoms with Crippen molar-refractivity contribution in [3.8, 4) is 0 Å². The summed E-state index contributed by atoms with van der Waals surface area (Å²) in [5.41, 5.74) is 0. The molecule has 2 atom stereocenters. The van der Waals surface area contributed by atoms with Crippen LogP contribution in [0.25, 0.3) is 0 Å². The zero-order valence-electron chi connectivity index (χ0n) is 8.11. The summed E-state index contributed by atoms with van der Waals surface area (Å²) in [6.07, 6.45) is 3.67. The summed E-state index contributed by atoms with van der Waals surface area (Å²) in [6, 6.07) is 0.723. The van der Waals surface area contributed by atoms with E-state index in [9.17, 15) is 0 Å². The number of morpholine rings is 1. The van der Waals surface area contributed by atoms with Crippen LogP contribution in [0.4, 0.5) is 0 Å². The van der Waals surface area contributed by atoms with Gasteiger partial charge in [0.2, 0.25) is 0 Å². The van der Waals surface area contributed by atoms with E-state index in [2.05, 4.69) is 4.90 Å². The lowest BCUT2D eigenvalue weighted by atomic mass is 10.1. The zero-order valence-corrected chi connectivity index (χ0v) is 8.11. The highest BCUT2D eigenvalue weighted by molar-refractivity contribution is 4.83. The van der Waals surface area contributed by atoms with Crippen molar-refractivity contribution in [2.24, 2.45) is 5.92 Å². The molecule has 0 unspecified atom stereocenters. The van der Waals surface area contributed by atoms with Crippen molar-refractivity contribution in [1.29, 1.82) is 0 Å². The maximum absolute atomic E-state index is 9.04. The van der Waals surface area contributed by atoms with Crippen molar-refractivity contribution < 1.29 is 9.84 Å². The average molecular weight is 185 g/mol. The molecule has 1 heterocycles. The van der Waals surface area contributed by atoms with E-state index >= 15 is 0 Å². The summed E-state index contributed by atoms with van der Waals surface area (Å²) >= 11 is 0. The molecule has 0 bridgehead atoms. The van der Waals surface area contributed by atoms with Crippen molar-refractivity contribution in [2.75, 3.05) is 32.9 Å². The minimum absolute atomic E-state index is 0.376. The van der Waals surface area contributed by atoms with E-state index in [-0.39, 0.29) is 0 Å². The van der Waals surface area contributed by atoms with Crippen molar-refractivity contribution in [3.05, 3.63) is 0 Å². The molecular weight excluding hydrogens is 166 g/mol. The van der Waals surface area contributed by atoms with Crippen molar-refractivity contribution in [3.63, 3.8) is 0 Å². The van der Waals surface area contributed by atoms with Crippen LogP contribution >= 0.6 is 0 Å². The summed E-state index contributed by atoms with van der Waals surface area (Å²) < 4.78 is 5.32. The Balaban J connectivity index is 1.80. The molecule has 0 aromatic heterocycles. The van der Waals surface area contributed by atoms with Crippen LogP contribution in [0, 0.1) is 5.92 Å². The summed E-state index contributed by atoms with van der Waals surface area (Å²) in [6.45, 7) is 4.33. The smallest absolute Gasteiger partial charge is 0.0594 e. The van der Waals surface area contributed by atoms with E-state index in [1.807, 2.05) is 0 Å². The first-order valence-electron chi connectivity index (χ1n) is 5.33. The van der Waals surface area contributed by atoms with Gasteiger partial charge in [-0.05, 0) is 25.2 Å². The zero-order chi connectivity index (χ0) is 9.10. The molecule has 1 saturated heterocycles. The van der Waals surface area contributed by atoms with Gasteiger partial charge in [0, 0.05) is 25.7 Å². The number of rotatable bonds is 2. The Hall–Kier alpha value is -0.120.